The van der Waals surface area contributed by atoms with Crippen LogP contribution in [0.5, 0.6) is 0 Å². The average Bonchev–Trinajstić information content (AvgIpc) is 2.91. The molecule has 2 aromatic rings. The molecule has 1 fully saturated rings. The van der Waals surface area contributed by atoms with E-state index in [1.54, 1.807) is 4.68 Å². The van der Waals surface area contributed by atoms with Crippen molar-refractivity contribution >= 4 is 5.69 Å². The van der Waals surface area contributed by atoms with Gasteiger partial charge in [-0.2, -0.15) is 0 Å². The van der Waals surface area contributed by atoms with Gasteiger partial charge in [-0.3, -0.25) is 0 Å². The minimum Gasteiger partial charge on any atom is -0.399 e. The second-order valence-electron chi connectivity index (χ2n) is 4.83. The van der Waals surface area contributed by atoms with Crippen molar-refractivity contribution in [3.05, 3.63) is 23.8 Å². The number of ether oxygens (including phenoxy) is 2. The zero-order valence-electron chi connectivity index (χ0n) is 11.3. The van der Waals surface area contributed by atoms with Crippen LogP contribution in [0.3, 0.4) is 0 Å². The zero-order chi connectivity index (χ0) is 13.9. The van der Waals surface area contributed by atoms with E-state index in [0.29, 0.717) is 37.9 Å². The first kappa shape index (κ1) is 13.0. The summed E-state index contributed by atoms with van der Waals surface area (Å²) in [5.41, 5.74) is 8.55. The van der Waals surface area contributed by atoms with Gasteiger partial charge in [0.25, 0.3) is 0 Å². The highest BCUT2D eigenvalue weighted by Crippen LogP contribution is 2.23. The molecule has 3 rings (SSSR count). The van der Waals surface area contributed by atoms with E-state index >= 15 is 0 Å². The number of hydrogen-bond acceptors (Lipinski definition) is 6. The summed E-state index contributed by atoms with van der Waals surface area (Å²) < 4.78 is 12.8. The van der Waals surface area contributed by atoms with Crippen molar-refractivity contribution in [2.45, 2.75) is 19.6 Å². The maximum Gasteiger partial charge on any atom is 0.182 e. The van der Waals surface area contributed by atoms with Crippen LogP contribution in [0.1, 0.15) is 5.56 Å². The van der Waals surface area contributed by atoms with E-state index in [4.69, 9.17) is 15.2 Å². The Hall–Kier alpha value is -1.99. The van der Waals surface area contributed by atoms with Gasteiger partial charge in [-0.25, -0.2) is 4.68 Å². The number of nitrogens with two attached hydrogens (primary N) is 1. The van der Waals surface area contributed by atoms with Crippen molar-refractivity contribution < 1.29 is 9.47 Å². The Labute approximate surface area is 116 Å². The summed E-state index contributed by atoms with van der Waals surface area (Å²) in [7, 11) is 0. The lowest BCUT2D eigenvalue weighted by atomic mass is 10.1. The van der Waals surface area contributed by atoms with Crippen LogP contribution in [0.2, 0.25) is 0 Å². The number of nitrogens with zero attached hydrogens (tertiary/aromatic N) is 4. The number of anilines is 1. The Kier molecular flexibility index (Phi) is 3.62. The molecular weight excluding hydrogens is 258 g/mol. The third kappa shape index (κ3) is 2.63. The normalized spacial score (nSPS) is 19.1. The van der Waals surface area contributed by atoms with Gasteiger partial charge in [0.2, 0.25) is 0 Å². The summed E-state index contributed by atoms with van der Waals surface area (Å²) in [5, 5.41) is 11.9. The summed E-state index contributed by atoms with van der Waals surface area (Å²) >= 11 is 0. The number of rotatable bonds is 3. The molecule has 1 aromatic heterocycles. The van der Waals surface area contributed by atoms with Gasteiger partial charge in [-0.15, -0.1) is 5.10 Å². The minimum absolute atomic E-state index is 0.0210. The summed E-state index contributed by atoms with van der Waals surface area (Å²) in [4.78, 5) is 0. The highest BCUT2D eigenvalue weighted by molar-refractivity contribution is 5.65. The molecule has 7 heteroatoms. The first-order chi connectivity index (χ1) is 9.74. The van der Waals surface area contributed by atoms with Gasteiger partial charge in [0.05, 0.1) is 26.4 Å². The predicted molar refractivity (Wildman–Crippen MR) is 73.0 cm³/mol. The van der Waals surface area contributed by atoms with E-state index in [1.807, 2.05) is 25.1 Å². The molecule has 0 amide bonds. The van der Waals surface area contributed by atoms with Crippen molar-refractivity contribution in [2.24, 2.45) is 0 Å². The van der Waals surface area contributed by atoms with Crippen LogP contribution in [0.15, 0.2) is 18.2 Å². The number of benzene rings is 1. The van der Waals surface area contributed by atoms with E-state index in [1.165, 1.54) is 0 Å². The number of tetrazole rings is 1. The second-order valence-corrected chi connectivity index (χ2v) is 4.83. The van der Waals surface area contributed by atoms with Gasteiger partial charge in [-0.1, -0.05) is 6.07 Å². The van der Waals surface area contributed by atoms with Gasteiger partial charge in [0.15, 0.2) is 5.82 Å². The summed E-state index contributed by atoms with van der Waals surface area (Å²) in [6, 6.07) is 5.71. The molecule has 1 aliphatic rings. The molecule has 1 saturated heterocycles. The summed E-state index contributed by atoms with van der Waals surface area (Å²) in [5.74, 6) is 0.698. The first-order valence-corrected chi connectivity index (χ1v) is 6.56. The maximum atomic E-state index is 5.85. The van der Waals surface area contributed by atoms with Crippen molar-refractivity contribution in [1.29, 1.82) is 0 Å². The molecule has 1 aromatic carbocycles. The fraction of sp³-hybridized carbons (Fsp3) is 0.462. The maximum absolute atomic E-state index is 5.85. The number of hydrogen-bond donors (Lipinski definition) is 1. The molecule has 0 spiro atoms. The van der Waals surface area contributed by atoms with Crippen molar-refractivity contribution in [3.8, 4) is 11.4 Å². The van der Waals surface area contributed by atoms with Crippen LogP contribution in [0.25, 0.3) is 11.4 Å². The van der Waals surface area contributed by atoms with Crippen LogP contribution in [0, 0.1) is 6.92 Å². The van der Waals surface area contributed by atoms with E-state index in [0.717, 1.165) is 11.1 Å². The molecule has 2 heterocycles. The first-order valence-electron chi connectivity index (χ1n) is 6.56. The van der Waals surface area contributed by atoms with E-state index in [2.05, 4.69) is 15.5 Å². The van der Waals surface area contributed by atoms with Crippen molar-refractivity contribution in [1.82, 2.24) is 20.2 Å². The largest absolute Gasteiger partial charge is 0.399 e. The molecular formula is C13H17N5O2. The highest BCUT2D eigenvalue weighted by Gasteiger charge is 2.19. The standard InChI is InChI=1S/C13H17N5O2/c1-9-2-3-10(14)6-12(9)13-15-16-17-18(13)7-11-8-19-4-5-20-11/h2-3,6,11H,4-5,7-8,14H2,1H3. The molecule has 0 bridgehead atoms. The highest BCUT2D eigenvalue weighted by atomic mass is 16.6. The molecule has 0 aliphatic carbocycles. The molecule has 1 aliphatic heterocycles. The summed E-state index contributed by atoms with van der Waals surface area (Å²) in [6.45, 7) is 4.40. The predicted octanol–water partition coefficient (Wildman–Crippen LogP) is 0.646. The third-order valence-electron chi connectivity index (χ3n) is 3.30. The second kappa shape index (κ2) is 5.56. The lowest BCUT2D eigenvalue weighted by Crippen LogP contribution is -2.32. The van der Waals surface area contributed by atoms with E-state index in [9.17, 15) is 0 Å². The van der Waals surface area contributed by atoms with Gasteiger partial charge in [0.1, 0.15) is 6.10 Å². The smallest absolute Gasteiger partial charge is 0.182 e. The van der Waals surface area contributed by atoms with Crippen LogP contribution >= 0.6 is 0 Å². The zero-order valence-corrected chi connectivity index (χ0v) is 11.3. The van der Waals surface area contributed by atoms with Crippen LogP contribution in [-0.2, 0) is 16.0 Å². The minimum atomic E-state index is -0.0210. The van der Waals surface area contributed by atoms with Gasteiger partial charge in [0, 0.05) is 11.3 Å². The van der Waals surface area contributed by atoms with Gasteiger partial charge >= 0.3 is 0 Å². The van der Waals surface area contributed by atoms with Crippen LogP contribution in [0.4, 0.5) is 5.69 Å². The lowest BCUT2D eigenvalue weighted by Gasteiger charge is -2.22. The monoisotopic (exact) mass is 275 g/mol. The third-order valence-corrected chi connectivity index (χ3v) is 3.30. The van der Waals surface area contributed by atoms with Crippen LogP contribution < -0.4 is 5.73 Å². The molecule has 1 unspecified atom stereocenters. The Morgan fingerprint density at radius 1 is 1.40 bits per heavy atom. The average molecular weight is 275 g/mol. The molecule has 106 valence electrons. The SMILES string of the molecule is Cc1ccc(N)cc1-c1nnnn1CC1COCCO1. The Balaban J connectivity index is 1.87. The Morgan fingerprint density at radius 3 is 3.10 bits per heavy atom. The molecule has 7 nitrogen and oxygen atoms in total. The fourth-order valence-corrected chi connectivity index (χ4v) is 2.24. The lowest BCUT2D eigenvalue weighted by molar-refractivity contribution is -0.0946. The van der Waals surface area contributed by atoms with E-state index < -0.39 is 0 Å². The van der Waals surface area contributed by atoms with Crippen LogP contribution in [-0.4, -0.2) is 46.1 Å². The number of nitrogen functional groups attached to an aromatic ring is 1. The molecule has 0 saturated carbocycles. The Morgan fingerprint density at radius 2 is 2.30 bits per heavy atom. The quantitative estimate of drug-likeness (QED) is 0.827. The van der Waals surface area contributed by atoms with Crippen molar-refractivity contribution in [2.75, 3.05) is 25.6 Å². The summed E-state index contributed by atoms with van der Waals surface area (Å²) in [6.07, 6.45) is -0.0210. The van der Waals surface area contributed by atoms with E-state index in [-0.39, 0.29) is 6.10 Å². The Bertz CT molecular complexity index is 592. The molecule has 1 atom stereocenters. The van der Waals surface area contributed by atoms with Gasteiger partial charge < -0.3 is 15.2 Å². The topological polar surface area (TPSA) is 88.1 Å². The molecule has 20 heavy (non-hydrogen) atoms. The number of aromatic nitrogens is 4. The molecule has 2 N–H and O–H groups in total. The number of aryl methyl sites for hydroxylation is 1. The fourth-order valence-electron chi connectivity index (χ4n) is 2.24. The van der Waals surface area contributed by atoms with Crippen molar-refractivity contribution in [3.63, 3.8) is 0 Å². The van der Waals surface area contributed by atoms with Gasteiger partial charge in [-0.05, 0) is 35.0 Å². The molecule has 0 radical (unpaired) electrons.